The maximum absolute atomic E-state index is 12.2. The molecule has 2 aromatic carbocycles. The SMILES string of the molecule is CNc1ccccc1C(=O)Nc1ccc(Br)c(C)c1. The number of aryl methyl sites for hydroxylation is 1. The third kappa shape index (κ3) is 3.15. The van der Waals surface area contributed by atoms with Crippen LogP contribution in [0.25, 0.3) is 0 Å². The summed E-state index contributed by atoms with van der Waals surface area (Å²) in [5.74, 6) is -0.119. The number of halogens is 1. The van der Waals surface area contributed by atoms with E-state index in [0.717, 1.165) is 21.4 Å². The summed E-state index contributed by atoms with van der Waals surface area (Å²) in [5.41, 5.74) is 3.32. The molecule has 98 valence electrons. The van der Waals surface area contributed by atoms with Crippen LogP contribution in [0.15, 0.2) is 46.9 Å². The van der Waals surface area contributed by atoms with Crippen molar-refractivity contribution in [1.82, 2.24) is 0 Å². The Kier molecular flexibility index (Phi) is 4.22. The first-order valence-electron chi connectivity index (χ1n) is 5.96. The van der Waals surface area contributed by atoms with Crippen LogP contribution in [0.5, 0.6) is 0 Å². The van der Waals surface area contributed by atoms with E-state index in [1.54, 1.807) is 13.1 Å². The predicted octanol–water partition coefficient (Wildman–Crippen LogP) is 4.05. The smallest absolute Gasteiger partial charge is 0.257 e. The predicted molar refractivity (Wildman–Crippen MR) is 82.8 cm³/mol. The van der Waals surface area contributed by atoms with Gasteiger partial charge in [-0.2, -0.15) is 0 Å². The van der Waals surface area contributed by atoms with Crippen LogP contribution in [-0.2, 0) is 0 Å². The molecule has 0 fully saturated rings. The Hall–Kier alpha value is -1.81. The van der Waals surface area contributed by atoms with Crippen molar-refractivity contribution in [3.63, 3.8) is 0 Å². The number of nitrogens with one attached hydrogen (secondary N) is 2. The highest BCUT2D eigenvalue weighted by atomic mass is 79.9. The van der Waals surface area contributed by atoms with Gasteiger partial charge in [0.15, 0.2) is 0 Å². The molecule has 3 nitrogen and oxygen atoms in total. The lowest BCUT2D eigenvalue weighted by atomic mass is 10.1. The van der Waals surface area contributed by atoms with Crippen molar-refractivity contribution in [2.45, 2.75) is 6.92 Å². The quantitative estimate of drug-likeness (QED) is 0.896. The average molecular weight is 319 g/mol. The van der Waals surface area contributed by atoms with Crippen molar-refractivity contribution in [2.24, 2.45) is 0 Å². The minimum absolute atomic E-state index is 0.119. The summed E-state index contributed by atoms with van der Waals surface area (Å²) in [7, 11) is 1.80. The van der Waals surface area contributed by atoms with Crippen molar-refractivity contribution in [2.75, 3.05) is 17.7 Å². The molecular weight excluding hydrogens is 304 g/mol. The molecule has 2 N–H and O–H groups in total. The second-order valence-electron chi connectivity index (χ2n) is 4.21. The van der Waals surface area contributed by atoms with E-state index >= 15 is 0 Å². The Morgan fingerprint density at radius 3 is 2.58 bits per heavy atom. The molecule has 19 heavy (non-hydrogen) atoms. The molecule has 0 aromatic heterocycles. The zero-order chi connectivity index (χ0) is 13.8. The average Bonchev–Trinajstić information content (AvgIpc) is 2.43. The number of rotatable bonds is 3. The summed E-state index contributed by atoms with van der Waals surface area (Å²) < 4.78 is 1.03. The van der Waals surface area contributed by atoms with E-state index in [-0.39, 0.29) is 5.91 Å². The highest BCUT2D eigenvalue weighted by Crippen LogP contribution is 2.21. The molecule has 0 heterocycles. The summed E-state index contributed by atoms with van der Waals surface area (Å²) in [6.45, 7) is 1.99. The maximum atomic E-state index is 12.2. The minimum Gasteiger partial charge on any atom is -0.387 e. The van der Waals surface area contributed by atoms with Crippen molar-refractivity contribution in [1.29, 1.82) is 0 Å². The molecule has 0 aliphatic carbocycles. The maximum Gasteiger partial charge on any atom is 0.257 e. The third-order valence-corrected chi connectivity index (χ3v) is 3.75. The van der Waals surface area contributed by atoms with Crippen molar-refractivity contribution < 1.29 is 4.79 Å². The van der Waals surface area contributed by atoms with E-state index < -0.39 is 0 Å². The summed E-state index contributed by atoms with van der Waals surface area (Å²) in [6, 6.07) is 13.2. The molecule has 2 aromatic rings. The van der Waals surface area contributed by atoms with Crippen LogP contribution in [0.4, 0.5) is 11.4 Å². The number of anilines is 2. The Balaban J connectivity index is 2.23. The number of hydrogen-bond acceptors (Lipinski definition) is 2. The van der Waals surface area contributed by atoms with Crippen LogP contribution >= 0.6 is 15.9 Å². The molecule has 0 bridgehead atoms. The van der Waals surface area contributed by atoms with E-state index in [0.29, 0.717) is 5.56 Å². The van der Waals surface area contributed by atoms with Crippen LogP contribution in [0.3, 0.4) is 0 Å². The number of benzene rings is 2. The number of amides is 1. The van der Waals surface area contributed by atoms with Gasteiger partial charge in [-0.3, -0.25) is 4.79 Å². The number of carbonyl (C=O) groups is 1. The molecular formula is C15H15BrN2O. The Labute approximate surface area is 121 Å². The standard InChI is InChI=1S/C15H15BrN2O/c1-10-9-11(7-8-13(10)16)18-15(19)12-5-3-4-6-14(12)17-2/h3-9,17H,1-2H3,(H,18,19). The number of carbonyl (C=O) groups excluding carboxylic acids is 1. The first-order chi connectivity index (χ1) is 9.11. The molecule has 0 aliphatic heterocycles. The minimum atomic E-state index is -0.119. The van der Waals surface area contributed by atoms with E-state index in [2.05, 4.69) is 26.6 Å². The molecule has 0 unspecified atom stereocenters. The van der Waals surface area contributed by atoms with Crippen molar-refractivity contribution in [3.05, 3.63) is 58.1 Å². The fraction of sp³-hybridized carbons (Fsp3) is 0.133. The lowest BCUT2D eigenvalue weighted by Crippen LogP contribution is -2.13. The topological polar surface area (TPSA) is 41.1 Å². The Morgan fingerprint density at radius 1 is 1.16 bits per heavy atom. The Morgan fingerprint density at radius 2 is 1.89 bits per heavy atom. The summed E-state index contributed by atoms with van der Waals surface area (Å²) in [5, 5.41) is 5.92. The second kappa shape index (κ2) is 5.89. The van der Waals surface area contributed by atoms with E-state index in [1.807, 2.05) is 43.3 Å². The zero-order valence-electron chi connectivity index (χ0n) is 10.8. The van der Waals surface area contributed by atoms with E-state index in [1.165, 1.54) is 0 Å². The molecule has 0 radical (unpaired) electrons. The summed E-state index contributed by atoms with van der Waals surface area (Å²) in [4.78, 5) is 12.2. The second-order valence-corrected chi connectivity index (χ2v) is 5.07. The van der Waals surface area contributed by atoms with Gasteiger partial charge in [-0.25, -0.2) is 0 Å². The van der Waals surface area contributed by atoms with Gasteiger partial charge in [0.1, 0.15) is 0 Å². The van der Waals surface area contributed by atoms with Crippen LogP contribution in [0.1, 0.15) is 15.9 Å². The molecule has 0 saturated carbocycles. The largest absolute Gasteiger partial charge is 0.387 e. The monoisotopic (exact) mass is 318 g/mol. The molecule has 0 spiro atoms. The molecule has 0 atom stereocenters. The van der Waals surface area contributed by atoms with Crippen LogP contribution in [-0.4, -0.2) is 13.0 Å². The van der Waals surface area contributed by atoms with Crippen molar-refractivity contribution in [3.8, 4) is 0 Å². The van der Waals surface area contributed by atoms with Gasteiger partial charge in [0.2, 0.25) is 0 Å². The van der Waals surface area contributed by atoms with E-state index in [4.69, 9.17) is 0 Å². The van der Waals surface area contributed by atoms with Crippen LogP contribution in [0, 0.1) is 6.92 Å². The van der Waals surface area contributed by atoms with Gasteiger partial charge in [0.25, 0.3) is 5.91 Å². The third-order valence-electron chi connectivity index (χ3n) is 2.86. The summed E-state index contributed by atoms with van der Waals surface area (Å²) >= 11 is 3.44. The molecule has 0 aliphatic rings. The van der Waals surface area contributed by atoms with E-state index in [9.17, 15) is 4.79 Å². The lowest BCUT2D eigenvalue weighted by molar-refractivity contribution is 0.102. The fourth-order valence-electron chi connectivity index (χ4n) is 1.82. The van der Waals surface area contributed by atoms with Gasteiger partial charge in [-0.05, 0) is 42.8 Å². The summed E-state index contributed by atoms with van der Waals surface area (Å²) in [6.07, 6.45) is 0. The van der Waals surface area contributed by atoms with Gasteiger partial charge < -0.3 is 10.6 Å². The van der Waals surface area contributed by atoms with Gasteiger partial charge in [-0.15, -0.1) is 0 Å². The van der Waals surface area contributed by atoms with Gasteiger partial charge in [0.05, 0.1) is 5.56 Å². The van der Waals surface area contributed by atoms with Gasteiger partial charge >= 0.3 is 0 Å². The Bertz CT molecular complexity index is 611. The molecule has 2 rings (SSSR count). The van der Waals surface area contributed by atoms with Gasteiger partial charge in [-0.1, -0.05) is 28.1 Å². The fourth-order valence-corrected chi connectivity index (χ4v) is 2.07. The number of para-hydroxylation sites is 1. The highest BCUT2D eigenvalue weighted by molar-refractivity contribution is 9.10. The highest BCUT2D eigenvalue weighted by Gasteiger charge is 2.10. The normalized spacial score (nSPS) is 10.1. The first kappa shape index (κ1) is 13.6. The molecule has 4 heteroatoms. The van der Waals surface area contributed by atoms with Gasteiger partial charge in [0, 0.05) is 22.9 Å². The first-order valence-corrected chi connectivity index (χ1v) is 6.75. The van der Waals surface area contributed by atoms with Crippen LogP contribution < -0.4 is 10.6 Å². The lowest BCUT2D eigenvalue weighted by Gasteiger charge is -2.10. The molecule has 0 saturated heterocycles. The van der Waals surface area contributed by atoms with Crippen molar-refractivity contribution >= 4 is 33.2 Å². The number of hydrogen-bond donors (Lipinski definition) is 2. The zero-order valence-corrected chi connectivity index (χ0v) is 12.4. The van der Waals surface area contributed by atoms with Crippen LogP contribution in [0.2, 0.25) is 0 Å². The molecule has 1 amide bonds.